The first-order valence-corrected chi connectivity index (χ1v) is 11.7. The van der Waals surface area contributed by atoms with Gasteiger partial charge in [-0.15, -0.1) is 6.58 Å². The quantitative estimate of drug-likeness (QED) is 0.0836. The summed E-state index contributed by atoms with van der Waals surface area (Å²) in [5, 5.41) is 0. The molecule has 0 aromatic carbocycles. The fourth-order valence-electron chi connectivity index (χ4n) is 2.17. The molecule has 0 fully saturated rings. The summed E-state index contributed by atoms with van der Waals surface area (Å²) in [6.07, 6.45) is 1.71. The standard InChI is InChI=1S/C23H44O11/c1-3-4-25-5-6-26-7-8-27-9-10-28-11-12-29-13-14-30-15-16-31-17-18-32-19-20-33-21-22-34-23(2)24/h3H,1,4-22H2,2H3. The van der Waals surface area contributed by atoms with E-state index in [0.29, 0.717) is 119 Å². The molecule has 0 atom stereocenters. The van der Waals surface area contributed by atoms with Crippen molar-refractivity contribution >= 4 is 5.97 Å². The molecule has 11 heteroatoms. The van der Waals surface area contributed by atoms with Crippen LogP contribution in [0, 0.1) is 0 Å². The number of carbonyl (C=O) groups excluding carboxylic acids is 1. The van der Waals surface area contributed by atoms with E-state index < -0.39 is 0 Å². The third-order valence-electron chi connectivity index (χ3n) is 3.74. The van der Waals surface area contributed by atoms with Gasteiger partial charge in [0.25, 0.3) is 0 Å². The second kappa shape index (κ2) is 29.9. The van der Waals surface area contributed by atoms with E-state index in [1.165, 1.54) is 6.92 Å². The SMILES string of the molecule is C=CCOCCOCCOCCOCCOCCOCCOCCOCCOCCOC(C)=O. The molecule has 0 aliphatic heterocycles. The van der Waals surface area contributed by atoms with Gasteiger partial charge in [-0.3, -0.25) is 4.79 Å². The maximum Gasteiger partial charge on any atom is 0.302 e. The van der Waals surface area contributed by atoms with Crippen LogP contribution in [-0.4, -0.2) is 132 Å². The summed E-state index contributed by atoms with van der Waals surface area (Å²) in [6.45, 7) is 14.3. The van der Waals surface area contributed by atoms with Gasteiger partial charge in [-0.05, 0) is 0 Å². The van der Waals surface area contributed by atoms with Crippen molar-refractivity contribution in [2.24, 2.45) is 0 Å². The lowest BCUT2D eigenvalue weighted by molar-refractivity contribution is -0.142. The van der Waals surface area contributed by atoms with Crippen LogP contribution >= 0.6 is 0 Å². The zero-order valence-corrected chi connectivity index (χ0v) is 20.7. The van der Waals surface area contributed by atoms with Gasteiger partial charge in [-0.2, -0.15) is 0 Å². The molecule has 0 heterocycles. The minimum absolute atomic E-state index is 0.262. The molecule has 0 aliphatic rings. The summed E-state index contributed by atoms with van der Waals surface area (Å²) in [4.78, 5) is 10.6. The van der Waals surface area contributed by atoms with Crippen molar-refractivity contribution in [3.8, 4) is 0 Å². The van der Waals surface area contributed by atoms with Gasteiger partial charge >= 0.3 is 5.97 Å². The molecule has 0 aromatic rings. The van der Waals surface area contributed by atoms with Crippen LogP contribution in [0.4, 0.5) is 0 Å². The van der Waals surface area contributed by atoms with E-state index in [4.69, 9.17) is 47.4 Å². The van der Waals surface area contributed by atoms with Crippen LogP contribution in [0.15, 0.2) is 12.7 Å². The number of ether oxygens (including phenoxy) is 10. The smallest absolute Gasteiger partial charge is 0.302 e. The molecule has 0 N–H and O–H groups in total. The second-order valence-electron chi connectivity index (χ2n) is 6.60. The Morgan fingerprint density at radius 3 is 0.941 bits per heavy atom. The highest BCUT2D eigenvalue weighted by Crippen LogP contribution is 1.86. The van der Waals surface area contributed by atoms with Crippen LogP contribution in [0.5, 0.6) is 0 Å². The average Bonchev–Trinajstić information content (AvgIpc) is 2.83. The highest BCUT2D eigenvalue weighted by atomic mass is 16.6. The van der Waals surface area contributed by atoms with Gasteiger partial charge in [0.2, 0.25) is 0 Å². The Morgan fingerprint density at radius 2 is 0.706 bits per heavy atom. The van der Waals surface area contributed by atoms with Crippen molar-refractivity contribution in [2.45, 2.75) is 6.92 Å². The molecule has 0 unspecified atom stereocenters. The number of rotatable bonds is 29. The molecule has 0 saturated carbocycles. The lowest BCUT2D eigenvalue weighted by atomic mass is 10.6. The topological polar surface area (TPSA) is 109 Å². The van der Waals surface area contributed by atoms with Crippen LogP contribution in [0.25, 0.3) is 0 Å². The van der Waals surface area contributed by atoms with Gasteiger partial charge in [-0.1, -0.05) is 6.08 Å². The highest BCUT2D eigenvalue weighted by molar-refractivity contribution is 5.65. The number of hydrogen-bond donors (Lipinski definition) is 0. The van der Waals surface area contributed by atoms with Gasteiger partial charge in [0.1, 0.15) is 6.61 Å². The summed E-state index contributed by atoms with van der Waals surface area (Å²) >= 11 is 0. The minimum atomic E-state index is -0.309. The Kier molecular flexibility index (Phi) is 28.9. The number of carbonyl (C=O) groups is 1. The van der Waals surface area contributed by atoms with E-state index in [1.807, 2.05) is 0 Å². The third-order valence-corrected chi connectivity index (χ3v) is 3.74. The molecule has 0 saturated heterocycles. The van der Waals surface area contributed by atoms with Crippen molar-refractivity contribution in [3.63, 3.8) is 0 Å². The largest absolute Gasteiger partial charge is 0.463 e. The Hall–Kier alpha value is -1.15. The van der Waals surface area contributed by atoms with E-state index in [9.17, 15) is 4.79 Å². The van der Waals surface area contributed by atoms with Gasteiger partial charge in [0.15, 0.2) is 0 Å². The molecule has 0 aliphatic carbocycles. The molecule has 0 radical (unpaired) electrons. The van der Waals surface area contributed by atoms with Crippen molar-refractivity contribution in [1.82, 2.24) is 0 Å². The maximum absolute atomic E-state index is 10.6. The molecule has 0 spiro atoms. The van der Waals surface area contributed by atoms with Crippen LogP contribution in [0.3, 0.4) is 0 Å². The summed E-state index contributed by atoms with van der Waals surface area (Å²) < 4.78 is 52.9. The summed E-state index contributed by atoms with van der Waals surface area (Å²) in [5.41, 5.74) is 0. The van der Waals surface area contributed by atoms with E-state index >= 15 is 0 Å². The van der Waals surface area contributed by atoms with E-state index in [2.05, 4.69) is 6.58 Å². The molecule has 202 valence electrons. The van der Waals surface area contributed by atoms with E-state index in [-0.39, 0.29) is 12.6 Å². The van der Waals surface area contributed by atoms with Crippen LogP contribution in [0.1, 0.15) is 6.92 Å². The molecular formula is C23H44O11. The molecule has 0 amide bonds. The highest BCUT2D eigenvalue weighted by Gasteiger charge is 1.96. The van der Waals surface area contributed by atoms with E-state index in [0.717, 1.165) is 0 Å². The normalized spacial score (nSPS) is 11.1. The van der Waals surface area contributed by atoms with Crippen molar-refractivity contribution in [3.05, 3.63) is 12.7 Å². The van der Waals surface area contributed by atoms with Crippen molar-refractivity contribution < 1.29 is 52.2 Å². The lowest BCUT2D eigenvalue weighted by Gasteiger charge is -2.08. The maximum atomic E-state index is 10.6. The molecule has 34 heavy (non-hydrogen) atoms. The summed E-state index contributed by atoms with van der Waals surface area (Å²) in [5.74, 6) is -0.309. The van der Waals surface area contributed by atoms with Crippen LogP contribution in [-0.2, 0) is 52.2 Å². The zero-order valence-electron chi connectivity index (χ0n) is 20.7. The fourth-order valence-corrected chi connectivity index (χ4v) is 2.17. The first-order valence-electron chi connectivity index (χ1n) is 11.7. The second-order valence-corrected chi connectivity index (χ2v) is 6.60. The molecule has 0 aromatic heterocycles. The molecule has 0 rings (SSSR count). The van der Waals surface area contributed by atoms with Gasteiger partial charge in [0, 0.05) is 6.92 Å². The average molecular weight is 497 g/mol. The Labute approximate surface area is 203 Å². The monoisotopic (exact) mass is 496 g/mol. The summed E-state index contributed by atoms with van der Waals surface area (Å²) in [6, 6.07) is 0. The van der Waals surface area contributed by atoms with Gasteiger partial charge < -0.3 is 47.4 Å². The predicted octanol–water partition coefficient (Wildman–Crippen LogP) is 0.885. The number of hydrogen-bond acceptors (Lipinski definition) is 11. The molecule has 0 bridgehead atoms. The van der Waals surface area contributed by atoms with Gasteiger partial charge in [0.05, 0.1) is 119 Å². The first kappa shape index (κ1) is 32.8. The molecule has 11 nitrogen and oxygen atoms in total. The lowest BCUT2D eigenvalue weighted by Crippen LogP contribution is -2.15. The Balaban J connectivity index is 3.01. The van der Waals surface area contributed by atoms with Crippen LogP contribution in [0.2, 0.25) is 0 Å². The number of esters is 1. The Bertz CT molecular complexity index is 424. The minimum Gasteiger partial charge on any atom is -0.463 e. The van der Waals surface area contributed by atoms with E-state index in [1.54, 1.807) is 6.08 Å². The molecular weight excluding hydrogens is 452 g/mol. The Morgan fingerprint density at radius 1 is 0.471 bits per heavy atom. The van der Waals surface area contributed by atoms with Crippen molar-refractivity contribution in [2.75, 3.05) is 126 Å². The van der Waals surface area contributed by atoms with Crippen LogP contribution < -0.4 is 0 Å². The van der Waals surface area contributed by atoms with Gasteiger partial charge in [-0.25, -0.2) is 0 Å². The zero-order chi connectivity index (χ0) is 24.8. The third kappa shape index (κ3) is 30.9. The predicted molar refractivity (Wildman–Crippen MR) is 124 cm³/mol. The van der Waals surface area contributed by atoms with Crippen molar-refractivity contribution in [1.29, 1.82) is 0 Å². The first-order chi connectivity index (χ1) is 16.8. The fraction of sp³-hybridized carbons (Fsp3) is 0.870. The summed E-state index contributed by atoms with van der Waals surface area (Å²) in [7, 11) is 0.